The Morgan fingerprint density at radius 3 is 2.38 bits per heavy atom. The second-order valence-corrected chi connectivity index (χ2v) is 6.80. The van der Waals surface area contributed by atoms with Crippen molar-refractivity contribution in [3.8, 4) is 0 Å². The molecule has 6 nitrogen and oxygen atoms in total. The lowest BCUT2D eigenvalue weighted by atomic mass is 10.2. The number of hydrogen-bond donors (Lipinski definition) is 2. The van der Waals surface area contributed by atoms with Crippen molar-refractivity contribution >= 4 is 29.5 Å². The van der Waals surface area contributed by atoms with Gasteiger partial charge in [0.05, 0.1) is 5.25 Å². The van der Waals surface area contributed by atoms with E-state index < -0.39 is 12.0 Å². The number of nitrogens with zero attached hydrogens (tertiary/aromatic N) is 1. The van der Waals surface area contributed by atoms with E-state index in [0.717, 1.165) is 5.56 Å². The molecule has 2 unspecified atom stereocenters. The molecule has 0 saturated carbocycles. The van der Waals surface area contributed by atoms with Gasteiger partial charge in [0.1, 0.15) is 6.04 Å². The second-order valence-electron chi connectivity index (χ2n) is 5.47. The zero-order valence-electron chi connectivity index (χ0n) is 14.2. The number of hydrogen-bond acceptors (Lipinski definition) is 4. The minimum Gasteiger partial charge on any atom is -0.480 e. The van der Waals surface area contributed by atoms with E-state index >= 15 is 0 Å². The fourth-order valence-corrected chi connectivity index (χ4v) is 2.99. The van der Waals surface area contributed by atoms with Gasteiger partial charge in [-0.15, -0.1) is 11.8 Å². The third kappa shape index (κ3) is 6.62. The van der Waals surface area contributed by atoms with Crippen molar-refractivity contribution in [3.05, 3.63) is 35.9 Å². The zero-order chi connectivity index (χ0) is 18.1. The molecule has 0 bridgehead atoms. The Labute approximate surface area is 146 Å². The van der Waals surface area contributed by atoms with E-state index in [0.29, 0.717) is 5.75 Å². The third-order valence-electron chi connectivity index (χ3n) is 3.53. The second kappa shape index (κ2) is 9.97. The van der Waals surface area contributed by atoms with Crippen LogP contribution in [0.5, 0.6) is 0 Å². The van der Waals surface area contributed by atoms with Gasteiger partial charge in [0.15, 0.2) is 0 Å². The smallest absolute Gasteiger partial charge is 0.326 e. The predicted octanol–water partition coefficient (Wildman–Crippen LogP) is 1.75. The van der Waals surface area contributed by atoms with Gasteiger partial charge in [0.25, 0.3) is 0 Å². The summed E-state index contributed by atoms with van der Waals surface area (Å²) in [6, 6.07) is 8.84. The van der Waals surface area contributed by atoms with Crippen molar-refractivity contribution in [3.63, 3.8) is 0 Å². The number of rotatable bonds is 9. The molecule has 0 heterocycles. The first kappa shape index (κ1) is 20.0. The van der Waals surface area contributed by atoms with Crippen LogP contribution in [-0.2, 0) is 20.1 Å². The number of benzene rings is 1. The molecule has 7 heteroatoms. The van der Waals surface area contributed by atoms with Crippen LogP contribution in [-0.4, -0.2) is 52.2 Å². The van der Waals surface area contributed by atoms with Gasteiger partial charge in [0, 0.05) is 25.8 Å². The molecule has 0 aliphatic heterocycles. The first-order valence-corrected chi connectivity index (χ1v) is 8.81. The number of amides is 2. The van der Waals surface area contributed by atoms with Crippen LogP contribution in [0.4, 0.5) is 0 Å². The Kier molecular flexibility index (Phi) is 8.32. The number of nitrogens with one attached hydrogen (secondary N) is 1. The van der Waals surface area contributed by atoms with Crippen LogP contribution >= 0.6 is 11.8 Å². The van der Waals surface area contributed by atoms with Crippen LogP contribution in [0.1, 0.15) is 26.3 Å². The normalized spacial score (nSPS) is 13.0. The van der Waals surface area contributed by atoms with E-state index in [1.807, 2.05) is 30.3 Å². The molecule has 2 atom stereocenters. The molecule has 1 aromatic rings. The van der Waals surface area contributed by atoms with Gasteiger partial charge < -0.3 is 15.3 Å². The van der Waals surface area contributed by atoms with Crippen LogP contribution < -0.4 is 5.32 Å². The molecule has 132 valence electrons. The van der Waals surface area contributed by atoms with E-state index in [-0.39, 0.29) is 30.2 Å². The van der Waals surface area contributed by atoms with Crippen molar-refractivity contribution in [1.82, 2.24) is 10.2 Å². The van der Waals surface area contributed by atoms with Crippen LogP contribution in [0.3, 0.4) is 0 Å². The van der Waals surface area contributed by atoms with Gasteiger partial charge in [-0.2, -0.15) is 0 Å². The van der Waals surface area contributed by atoms with Gasteiger partial charge in [-0.3, -0.25) is 9.59 Å². The summed E-state index contributed by atoms with van der Waals surface area (Å²) in [6.45, 7) is 5.03. The first-order valence-electron chi connectivity index (χ1n) is 7.76. The highest BCUT2D eigenvalue weighted by atomic mass is 32.2. The quantitative estimate of drug-likeness (QED) is 0.707. The van der Waals surface area contributed by atoms with Crippen LogP contribution in [0, 0.1) is 0 Å². The van der Waals surface area contributed by atoms with Gasteiger partial charge in [-0.1, -0.05) is 30.3 Å². The van der Waals surface area contributed by atoms with Gasteiger partial charge in [0.2, 0.25) is 11.8 Å². The lowest BCUT2D eigenvalue weighted by molar-refractivity contribution is -0.149. The van der Waals surface area contributed by atoms with Crippen LogP contribution in [0.15, 0.2) is 30.3 Å². The minimum atomic E-state index is -1.06. The van der Waals surface area contributed by atoms with E-state index in [1.54, 1.807) is 6.92 Å². The molecule has 1 aromatic carbocycles. The molecule has 2 amide bonds. The highest BCUT2D eigenvalue weighted by Gasteiger charge is 2.28. The van der Waals surface area contributed by atoms with Crippen molar-refractivity contribution in [2.45, 2.75) is 37.8 Å². The van der Waals surface area contributed by atoms with Gasteiger partial charge in [-0.05, 0) is 19.4 Å². The lowest BCUT2D eigenvalue weighted by Crippen LogP contribution is -2.49. The molecule has 0 saturated heterocycles. The molecular weight excluding hydrogens is 328 g/mol. The number of aliphatic carboxylic acids is 1. The molecule has 0 radical (unpaired) electrons. The van der Waals surface area contributed by atoms with Gasteiger partial charge in [-0.25, -0.2) is 4.79 Å². The number of carbonyl (C=O) groups excluding carboxylic acids is 2. The number of carboxylic acid groups (broad SMARTS) is 1. The molecule has 2 N–H and O–H groups in total. The maximum atomic E-state index is 12.6. The topological polar surface area (TPSA) is 86.7 Å². The molecule has 1 rings (SSSR count). The van der Waals surface area contributed by atoms with Crippen molar-refractivity contribution < 1.29 is 19.5 Å². The van der Waals surface area contributed by atoms with Crippen LogP contribution in [0.2, 0.25) is 0 Å². The summed E-state index contributed by atoms with van der Waals surface area (Å²) in [5, 5.41) is 11.4. The van der Waals surface area contributed by atoms with Gasteiger partial charge >= 0.3 is 5.97 Å². The standard InChI is InChI=1S/C17H24N2O4S/c1-12(17(22)23)19(10-9-18-14(3)20)16(21)13(2)24-11-15-7-5-4-6-8-15/h4-8,12-13H,9-11H2,1-3H3,(H,18,20)(H,22,23). The van der Waals surface area contributed by atoms with E-state index in [4.69, 9.17) is 0 Å². The first-order chi connectivity index (χ1) is 11.3. The molecule has 0 fully saturated rings. The fourth-order valence-electron chi connectivity index (χ4n) is 2.08. The Morgan fingerprint density at radius 2 is 1.83 bits per heavy atom. The Morgan fingerprint density at radius 1 is 1.21 bits per heavy atom. The predicted molar refractivity (Wildman–Crippen MR) is 94.7 cm³/mol. The number of carboxylic acids is 1. The monoisotopic (exact) mass is 352 g/mol. The Balaban J connectivity index is 2.66. The third-order valence-corrected chi connectivity index (χ3v) is 4.73. The summed E-state index contributed by atoms with van der Waals surface area (Å²) >= 11 is 1.46. The van der Waals surface area contributed by atoms with E-state index in [9.17, 15) is 19.5 Å². The zero-order valence-corrected chi connectivity index (χ0v) is 15.0. The maximum Gasteiger partial charge on any atom is 0.326 e. The molecular formula is C17H24N2O4S. The highest BCUT2D eigenvalue weighted by Crippen LogP contribution is 2.20. The summed E-state index contributed by atoms with van der Waals surface area (Å²) < 4.78 is 0. The minimum absolute atomic E-state index is 0.169. The number of carbonyl (C=O) groups is 3. The molecule has 24 heavy (non-hydrogen) atoms. The fraction of sp³-hybridized carbons (Fsp3) is 0.471. The largest absolute Gasteiger partial charge is 0.480 e. The summed E-state index contributed by atoms with van der Waals surface area (Å²) in [4.78, 5) is 36.1. The van der Waals surface area contributed by atoms with Crippen molar-refractivity contribution in [2.75, 3.05) is 13.1 Å². The van der Waals surface area contributed by atoms with Crippen molar-refractivity contribution in [1.29, 1.82) is 0 Å². The number of thioether (sulfide) groups is 1. The summed E-state index contributed by atoms with van der Waals surface area (Å²) in [5.74, 6) is -0.839. The molecule has 0 aromatic heterocycles. The lowest BCUT2D eigenvalue weighted by Gasteiger charge is -2.29. The highest BCUT2D eigenvalue weighted by molar-refractivity contribution is 7.99. The summed E-state index contributed by atoms with van der Waals surface area (Å²) in [6.07, 6.45) is 0. The average Bonchev–Trinajstić information content (AvgIpc) is 2.56. The molecule has 0 aliphatic rings. The van der Waals surface area contributed by atoms with Crippen LogP contribution in [0.25, 0.3) is 0 Å². The Hall–Kier alpha value is -2.02. The summed E-state index contributed by atoms with van der Waals surface area (Å²) in [7, 11) is 0. The average molecular weight is 352 g/mol. The molecule has 0 aliphatic carbocycles. The SMILES string of the molecule is CC(=O)NCCN(C(=O)C(C)SCc1ccccc1)C(C)C(=O)O. The van der Waals surface area contributed by atoms with Crippen molar-refractivity contribution in [2.24, 2.45) is 0 Å². The maximum absolute atomic E-state index is 12.6. The molecule has 0 spiro atoms. The summed E-state index contributed by atoms with van der Waals surface area (Å²) in [5.41, 5.74) is 1.11. The Bertz CT molecular complexity index is 565. The van der Waals surface area contributed by atoms with E-state index in [1.165, 1.54) is 30.5 Å². The van der Waals surface area contributed by atoms with E-state index in [2.05, 4.69) is 5.32 Å².